The van der Waals surface area contributed by atoms with Crippen molar-refractivity contribution in [1.29, 1.82) is 0 Å². The maximum Gasteiger partial charge on any atom is 0.321 e. The zero-order valence-electron chi connectivity index (χ0n) is 38.6. The number of hydrogen-bond donors (Lipinski definition) is 3. The van der Waals surface area contributed by atoms with Gasteiger partial charge in [-0.15, -0.1) is 0 Å². The summed E-state index contributed by atoms with van der Waals surface area (Å²) in [6, 6.07) is 9.72. The molecule has 2 saturated heterocycles. The number of halogens is 1. The van der Waals surface area contributed by atoms with Gasteiger partial charge in [0.1, 0.15) is 13.3 Å². The van der Waals surface area contributed by atoms with Crippen LogP contribution < -0.4 is 5.32 Å². The number of nitrogens with one attached hydrogen (secondary N) is 1. The summed E-state index contributed by atoms with van der Waals surface area (Å²) in [7, 11) is 0. The Hall–Kier alpha value is -3.30. The maximum atomic E-state index is 14.7. The van der Waals surface area contributed by atoms with Gasteiger partial charge in [-0.05, 0) is 178 Å². The second-order valence-corrected chi connectivity index (χ2v) is 22.7. The van der Waals surface area contributed by atoms with Crippen LogP contribution in [0.15, 0.2) is 65.8 Å². The van der Waals surface area contributed by atoms with E-state index in [4.69, 9.17) is 14.9 Å². The highest BCUT2D eigenvalue weighted by Gasteiger charge is 2.71. The highest BCUT2D eigenvalue weighted by atomic mass is 19.1. The lowest BCUT2D eigenvalue weighted by molar-refractivity contribution is -0.224. The molecule has 9 rings (SSSR count). The van der Waals surface area contributed by atoms with Crippen molar-refractivity contribution in [3.8, 4) is 0 Å². The van der Waals surface area contributed by atoms with Gasteiger partial charge >= 0.3 is 17.9 Å². The average molecular weight is 855 g/mol. The van der Waals surface area contributed by atoms with E-state index >= 15 is 0 Å². The van der Waals surface area contributed by atoms with Gasteiger partial charge in [0.25, 0.3) is 0 Å². The zero-order chi connectivity index (χ0) is 44.5. The quantitative estimate of drug-likeness (QED) is 0.0974. The summed E-state index contributed by atoms with van der Waals surface area (Å²) in [5, 5.41) is 20.4. The smallest absolute Gasteiger partial charge is 0.321 e. The Morgan fingerprint density at radius 3 is 2.10 bits per heavy atom. The molecule has 6 aliphatic carbocycles. The summed E-state index contributed by atoms with van der Waals surface area (Å²) in [5.41, 5.74) is 4.07. The Balaban J connectivity index is 0.000000383. The van der Waals surface area contributed by atoms with Gasteiger partial charge in [-0.25, -0.2) is 4.39 Å². The van der Waals surface area contributed by atoms with E-state index in [2.05, 4.69) is 70.5 Å². The van der Waals surface area contributed by atoms with Crippen LogP contribution in [0.2, 0.25) is 0 Å². The Kier molecular flexibility index (Phi) is 11.9. The number of aliphatic carboxylic acids is 2. The molecule has 0 spiro atoms. The maximum absolute atomic E-state index is 14.7. The first-order valence-corrected chi connectivity index (χ1v) is 24.1. The van der Waals surface area contributed by atoms with E-state index in [1.807, 2.05) is 30.3 Å². The molecule has 62 heavy (non-hydrogen) atoms. The molecule has 0 unspecified atom stereocenters. The number of carboxylic acid groups (broad SMARTS) is 2. The fourth-order valence-corrected chi connectivity index (χ4v) is 16.0. The van der Waals surface area contributed by atoms with E-state index in [0.717, 1.165) is 36.2 Å². The van der Waals surface area contributed by atoms with Gasteiger partial charge in [0.05, 0.1) is 5.41 Å². The third-order valence-corrected chi connectivity index (χ3v) is 19.8. The third-order valence-electron chi connectivity index (χ3n) is 19.8. The molecule has 4 saturated carbocycles. The molecule has 1 aromatic rings. The van der Waals surface area contributed by atoms with Gasteiger partial charge in [0.15, 0.2) is 5.41 Å². The van der Waals surface area contributed by atoms with E-state index in [9.17, 15) is 18.8 Å². The van der Waals surface area contributed by atoms with E-state index in [0.29, 0.717) is 54.1 Å². The predicted octanol–water partition coefficient (Wildman–Crippen LogP) is 10.6. The van der Waals surface area contributed by atoms with Crippen molar-refractivity contribution in [3.05, 3.63) is 71.3 Å². The monoisotopic (exact) mass is 855 g/mol. The molecule has 9 heteroatoms. The number of benzene rings is 1. The zero-order valence-corrected chi connectivity index (χ0v) is 38.6. The van der Waals surface area contributed by atoms with Crippen molar-refractivity contribution in [2.75, 3.05) is 32.9 Å². The van der Waals surface area contributed by atoms with Crippen molar-refractivity contribution in [2.45, 2.75) is 144 Å². The first-order chi connectivity index (χ1) is 29.4. The number of piperidine rings is 1. The number of rotatable bonds is 9. The van der Waals surface area contributed by atoms with E-state index in [-0.39, 0.29) is 36.2 Å². The molecule has 0 bridgehead atoms. The SMILES string of the molecule is C=C(C)[C@@H]1CC[C@]2(N3CC3)CC[C@]3(C)[C@H](CC[C@@H]4[C@@]5(C)CC=C(C6=CC[C@@](CF)(C(=O)OCc7ccccc7)CC6)C(C)(C)[C@@H]5CC[C@]43C)[C@@H]12.O=C(O)C1(C(=O)O)CCNCC1. The molecule has 8 aliphatic rings. The van der Waals surface area contributed by atoms with Crippen LogP contribution in [-0.2, 0) is 25.7 Å². The van der Waals surface area contributed by atoms with E-state index < -0.39 is 29.4 Å². The van der Waals surface area contributed by atoms with Crippen LogP contribution in [-0.4, -0.2) is 71.4 Å². The lowest BCUT2D eigenvalue weighted by atomic mass is 9.33. The number of carbonyl (C=O) groups is 3. The summed E-state index contributed by atoms with van der Waals surface area (Å²) >= 11 is 0. The van der Waals surface area contributed by atoms with Crippen LogP contribution in [0, 0.1) is 62.1 Å². The molecule has 1 aromatic carbocycles. The number of allylic oxidation sites excluding steroid dienone is 5. The number of hydrogen-bond acceptors (Lipinski definition) is 6. The number of alkyl halides is 1. The lowest BCUT2D eigenvalue weighted by Crippen LogP contribution is -2.67. The van der Waals surface area contributed by atoms with Gasteiger partial charge in [-0.1, -0.05) is 89.3 Å². The summed E-state index contributed by atoms with van der Waals surface area (Å²) < 4.78 is 20.4. The largest absolute Gasteiger partial charge is 0.480 e. The van der Waals surface area contributed by atoms with Gasteiger partial charge in [-0.3, -0.25) is 19.3 Å². The number of esters is 1. The number of carbonyl (C=O) groups excluding carboxylic acids is 1. The van der Waals surface area contributed by atoms with Crippen LogP contribution in [0.3, 0.4) is 0 Å². The van der Waals surface area contributed by atoms with Crippen LogP contribution >= 0.6 is 0 Å². The molecule has 8 nitrogen and oxygen atoms in total. The Labute approximate surface area is 370 Å². The number of nitrogens with zero attached hydrogens (tertiary/aromatic N) is 1. The molecular weight excluding hydrogens is 780 g/mol. The van der Waals surface area contributed by atoms with Crippen molar-refractivity contribution in [3.63, 3.8) is 0 Å². The molecule has 0 aromatic heterocycles. The van der Waals surface area contributed by atoms with Crippen molar-refractivity contribution in [2.24, 2.45) is 62.1 Å². The molecular formula is C53H75FN2O6. The van der Waals surface area contributed by atoms with Crippen LogP contribution in [0.25, 0.3) is 0 Å². The molecule has 0 radical (unpaired) electrons. The first-order valence-electron chi connectivity index (χ1n) is 24.1. The minimum absolute atomic E-state index is 0.0406. The Bertz CT molecular complexity index is 1970. The normalized spacial score (nSPS) is 40.3. The summed E-state index contributed by atoms with van der Waals surface area (Å²) in [5.74, 6) is 0.778. The fraction of sp³-hybridized carbons (Fsp3) is 0.717. The standard InChI is InChI=1S/C46H64FNO2.C7H11NO4/c1-31(2)34-17-24-46(48-27-28-48)26-25-43(6)36(39(34)46)13-14-38-42(5)20-18-35(41(3,4)37(42)19-21-44(38,43)7)33-15-22-45(30-47,23-16-33)40(49)50-29-32-11-9-8-10-12-32;9-5(10)7(6(11)12)1-3-8-4-2-7/h8-12,15,18,34,36-39H,1,13-14,16-17,19-30H2,2-7H3;8H,1-4H2,(H,9,10)(H,11,12)/t34-,36+,37-,38+,39+,42-,43+,44+,45+,46-;/m0./s1. The summed E-state index contributed by atoms with van der Waals surface area (Å²) in [4.78, 5) is 37.6. The number of carboxylic acids is 2. The predicted molar refractivity (Wildman–Crippen MR) is 241 cm³/mol. The van der Waals surface area contributed by atoms with Gasteiger partial charge < -0.3 is 20.3 Å². The second kappa shape index (κ2) is 16.3. The fourth-order valence-electron chi connectivity index (χ4n) is 16.0. The minimum Gasteiger partial charge on any atom is -0.480 e. The minimum atomic E-state index is -1.55. The molecule has 2 heterocycles. The highest BCUT2D eigenvalue weighted by molar-refractivity contribution is 5.98. The molecule has 6 fully saturated rings. The molecule has 340 valence electrons. The van der Waals surface area contributed by atoms with E-state index in [1.165, 1.54) is 81.2 Å². The summed E-state index contributed by atoms with van der Waals surface area (Å²) in [6.45, 7) is 23.2. The molecule has 2 aliphatic heterocycles. The van der Waals surface area contributed by atoms with Gasteiger partial charge in [0.2, 0.25) is 0 Å². The lowest BCUT2D eigenvalue weighted by Gasteiger charge is -2.72. The van der Waals surface area contributed by atoms with Gasteiger partial charge in [-0.2, -0.15) is 0 Å². The third kappa shape index (κ3) is 6.98. The number of ether oxygens (including phenoxy) is 1. The average Bonchev–Trinajstić information content (AvgIpc) is 4.04. The number of fused-ring (bicyclic) bond motifs is 7. The van der Waals surface area contributed by atoms with Crippen molar-refractivity contribution >= 4 is 17.9 Å². The Morgan fingerprint density at radius 2 is 1.52 bits per heavy atom. The highest BCUT2D eigenvalue weighted by Crippen LogP contribution is 2.77. The second-order valence-electron chi connectivity index (χ2n) is 22.7. The summed E-state index contributed by atoms with van der Waals surface area (Å²) in [6.07, 6.45) is 18.9. The first kappa shape index (κ1) is 45.3. The van der Waals surface area contributed by atoms with Crippen LogP contribution in [0.4, 0.5) is 4.39 Å². The molecule has 0 amide bonds. The van der Waals surface area contributed by atoms with Crippen LogP contribution in [0.5, 0.6) is 0 Å². The topological polar surface area (TPSA) is 116 Å². The van der Waals surface area contributed by atoms with E-state index in [1.54, 1.807) is 0 Å². The molecule has 10 atom stereocenters. The Morgan fingerprint density at radius 1 is 0.823 bits per heavy atom. The van der Waals surface area contributed by atoms with Crippen molar-refractivity contribution in [1.82, 2.24) is 10.2 Å². The van der Waals surface area contributed by atoms with Crippen LogP contribution in [0.1, 0.15) is 137 Å². The van der Waals surface area contributed by atoms with Gasteiger partial charge in [0, 0.05) is 18.6 Å². The molecule has 3 N–H and O–H groups in total. The van der Waals surface area contributed by atoms with Crippen molar-refractivity contribution < 1.29 is 33.7 Å².